The standard InChI is InChI=1S/C16H30N2O2/c1-2-6-16(15(19)20)7-13-18(14-8-16)12-5-11-17-9-3-4-10-17/h2-14H2,1H3,(H,19,20). The zero-order chi connectivity index (χ0) is 14.4. The Hall–Kier alpha value is -0.610. The lowest BCUT2D eigenvalue weighted by molar-refractivity contribution is -0.152. The number of carbonyl (C=O) groups is 1. The highest BCUT2D eigenvalue weighted by Gasteiger charge is 2.40. The molecule has 2 aliphatic heterocycles. The molecule has 116 valence electrons. The molecule has 4 nitrogen and oxygen atoms in total. The Labute approximate surface area is 123 Å². The van der Waals surface area contributed by atoms with E-state index in [1.165, 1.54) is 38.9 Å². The van der Waals surface area contributed by atoms with E-state index in [-0.39, 0.29) is 0 Å². The normalized spacial score (nSPS) is 24.1. The summed E-state index contributed by atoms with van der Waals surface area (Å²) >= 11 is 0. The molecule has 0 aromatic rings. The number of aliphatic carboxylic acids is 1. The molecule has 0 aromatic carbocycles. The van der Waals surface area contributed by atoms with Crippen LogP contribution in [0.25, 0.3) is 0 Å². The van der Waals surface area contributed by atoms with Crippen LogP contribution in [0.2, 0.25) is 0 Å². The van der Waals surface area contributed by atoms with Crippen LogP contribution in [0.3, 0.4) is 0 Å². The summed E-state index contributed by atoms with van der Waals surface area (Å²) < 4.78 is 0. The lowest BCUT2D eigenvalue weighted by Gasteiger charge is -2.39. The van der Waals surface area contributed by atoms with Crippen molar-refractivity contribution in [1.29, 1.82) is 0 Å². The maximum atomic E-state index is 11.5. The second kappa shape index (κ2) is 7.41. The van der Waals surface area contributed by atoms with Gasteiger partial charge in [0.2, 0.25) is 0 Å². The molecule has 0 amide bonds. The number of likely N-dealkylation sites (tertiary alicyclic amines) is 2. The van der Waals surface area contributed by atoms with Gasteiger partial charge in [-0.15, -0.1) is 0 Å². The quantitative estimate of drug-likeness (QED) is 0.779. The van der Waals surface area contributed by atoms with Crippen LogP contribution in [0.15, 0.2) is 0 Å². The highest BCUT2D eigenvalue weighted by atomic mass is 16.4. The number of piperidine rings is 1. The summed E-state index contributed by atoms with van der Waals surface area (Å²) in [5.74, 6) is -0.573. The lowest BCUT2D eigenvalue weighted by Crippen LogP contribution is -2.45. The van der Waals surface area contributed by atoms with Crippen LogP contribution in [-0.2, 0) is 4.79 Å². The summed E-state index contributed by atoms with van der Waals surface area (Å²) in [7, 11) is 0. The fraction of sp³-hybridized carbons (Fsp3) is 0.938. The summed E-state index contributed by atoms with van der Waals surface area (Å²) in [6, 6.07) is 0. The van der Waals surface area contributed by atoms with E-state index in [2.05, 4.69) is 16.7 Å². The average molecular weight is 282 g/mol. The molecule has 0 bridgehead atoms. The minimum absolute atomic E-state index is 0.430. The SMILES string of the molecule is CCCC1(C(=O)O)CCN(CCCN2CCCC2)CC1. The van der Waals surface area contributed by atoms with Crippen molar-refractivity contribution in [2.75, 3.05) is 39.3 Å². The highest BCUT2D eigenvalue weighted by molar-refractivity contribution is 5.74. The summed E-state index contributed by atoms with van der Waals surface area (Å²) in [6.45, 7) is 8.93. The van der Waals surface area contributed by atoms with Gasteiger partial charge in [0.25, 0.3) is 0 Å². The molecule has 20 heavy (non-hydrogen) atoms. The van der Waals surface area contributed by atoms with E-state index < -0.39 is 11.4 Å². The second-order valence-electron chi connectivity index (χ2n) is 6.58. The van der Waals surface area contributed by atoms with Crippen molar-refractivity contribution in [2.24, 2.45) is 5.41 Å². The Morgan fingerprint density at radius 2 is 1.60 bits per heavy atom. The first-order valence-electron chi connectivity index (χ1n) is 8.34. The van der Waals surface area contributed by atoms with Gasteiger partial charge in [-0.3, -0.25) is 4.79 Å². The molecular weight excluding hydrogens is 252 g/mol. The zero-order valence-electron chi connectivity index (χ0n) is 12.9. The van der Waals surface area contributed by atoms with Crippen LogP contribution in [0.4, 0.5) is 0 Å². The van der Waals surface area contributed by atoms with E-state index in [9.17, 15) is 9.90 Å². The number of carboxylic acids is 1. The summed E-state index contributed by atoms with van der Waals surface area (Å²) in [5.41, 5.74) is -0.430. The van der Waals surface area contributed by atoms with Crippen molar-refractivity contribution in [3.63, 3.8) is 0 Å². The predicted molar refractivity (Wildman–Crippen MR) is 80.9 cm³/mol. The third-order valence-corrected chi connectivity index (χ3v) is 5.14. The van der Waals surface area contributed by atoms with Gasteiger partial charge >= 0.3 is 5.97 Å². The molecule has 2 rings (SSSR count). The first-order chi connectivity index (χ1) is 9.66. The molecular formula is C16H30N2O2. The highest BCUT2D eigenvalue weighted by Crippen LogP contribution is 2.36. The van der Waals surface area contributed by atoms with Crippen molar-refractivity contribution >= 4 is 5.97 Å². The van der Waals surface area contributed by atoms with E-state index in [1.807, 2.05) is 0 Å². The second-order valence-corrected chi connectivity index (χ2v) is 6.58. The minimum atomic E-state index is -0.573. The Balaban J connectivity index is 1.68. The molecule has 2 fully saturated rings. The lowest BCUT2D eigenvalue weighted by atomic mass is 9.75. The Morgan fingerprint density at radius 3 is 2.10 bits per heavy atom. The van der Waals surface area contributed by atoms with E-state index in [1.54, 1.807) is 0 Å². The summed E-state index contributed by atoms with van der Waals surface area (Å²) in [6.07, 6.45) is 7.43. The Morgan fingerprint density at radius 1 is 1.05 bits per heavy atom. The molecule has 2 saturated heterocycles. The van der Waals surface area contributed by atoms with Gasteiger partial charge in [0.15, 0.2) is 0 Å². The van der Waals surface area contributed by atoms with E-state index in [4.69, 9.17) is 0 Å². The predicted octanol–water partition coefficient (Wildman–Crippen LogP) is 2.44. The van der Waals surface area contributed by atoms with Crippen LogP contribution in [-0.4, -0.2) is 60.1 Å². The number of nitrogens with zero attached hydrogens (tertiary/aromatic N) is 2. The molecule has 0 atom stereocenters. The monoisotopic (exact) mass is 282 g/mol. The molecule has 0 aromatic heterocycles. The smallest absolute Gasteiger partial charge is 0.309 e. The molecule has 1 N–H and O–H groups in total. The van der Waals surface area contributed by atoms with Gasteiger partial charge in [0.05, 0.1) is 5.41 Å². The van der Waals surface area contributed by atoms with Crippen LogP contribution in [0.1, 0.15) is 51.9 Å². The van der Waals surface area contributed by atoms with Crippen molar-refractivity contribution in [2.45, 2.75) is 51.9 Å². The van der Waals surface area contributed by atoms with E-state index >= 15 is 0 Å². The summed E-state index contributed by atoms with van der Waals surface area (Å²) in [4.78, 5) is 16.6. The Bertz CT molecular complexity index is 306. The number of carboxylic acid groups (broad SMARTS) is 1. The molecule has 4 heteroatoms. The largest absolute Gasteiger partial charge is 0.481 e. The molecule has 2 heterocycles. The van der Waals surface area contributed by atoms with Gasteiger partial charge in [-0.25, -0.2) is 0 Å². The topological polar surface area (TPSA) is 43.8 Å². The molecule has 0 aliphatic carbocycles. The van der Waals surface area contributed by atoms with E-state index in [0.717, 1.165) is 45.3 Å². The number of rotatable bonds is 7. The van der Waals surface area contributed by atoms with Crippen molar-refractivity contribution in [1.82, 2.24) is 9.80 Å². The van der Waals surface area contributed by atoms with Crippen LogP contribution >= 0.6 is 0 Å². The van der Waals surface area contributed by atoms with Gasteiger partial charge < -0.3 is 14.9 Å². The van der Waals surface area contributed by atoms with Crippen LogP contribution in [0.5, 0.6) is 0 Å². The molecule has 2 aliphatic rings. The van der Waals surface area contributed by atoms with Gasteiger partial charge in [0, 0.05) is 0 Å². The third-order valence-electron chi connectivity index (χ3n) is 5.14. The van der Waals surface area contributed by atoms with Crippen molar-refractivity contribution < 1.29 is 9.90 Å². The Kier molecular flexibility index (Phi) is 5.85. The zero-order valence-corrected chi connectivity index (χ0v) is 12.9. The van der Waals surface area contributed by atoms with Crippen LogP contribution < -0.4 is 0 Å². The van der Waals surface area contributed by atoms with Gasteiger partial charge in [-0.2, -0.15) is 0 Å². The minimum Gasteiger partial charge on any atom is -0.481 e. The first kappa shape index (κ1) is 15.8. The third kappa shape index (κ3) is 3.95. The summed E-state index contributed by atoms with van der Waals surface area (Å²) in [5, 5.41) is 9.50. The van der Waals surface area contributed by atoms with Crippen molar-refractivity contribution in [3.8, 4) is 0 Å². The fourth-order valence-electron chi connectivity index (χ4n) is 3.78. The molecule has 0 saturated carbocycles. The maximum Gasteiger partial charge on any atom is 0.309 e. The first-order valence-corrected chi connectivity index (χ1v) is 8.34. The van der Waals surface area contributed by atoms with Gasteiger partial charge in [-0.1, -0.05) is 13.3 Å². The number of hydrogen-bond donors (Lipinski definition) is 1. The maximum absolute atomic E-state index is 11.5. The van der Waals surface area contributed by atoms with Crippen molar-refractivity contribution in [3.05, 3.63) is 0 Å². The van der Waals surface area contributed by atoms with Crippen LogP contribution in [0, 0.1) is 5.41 Å². The van der Waals surface area contributed by atoms with Gasteiger partial charge in [-0.05, 0) is 77.8 Å². The molecule has 0 unspecified atom stereocenters. The molecule has 0 spiro atoms. The average Bonchev–Trinajstić information content (AvgIpc) is 2.94. The van der Waals surface area contributed by atoms with Gasteiger partial charge in [0.1, 0.15) is 0 Å². The molecule has 0 radical (unpaired) electrons. The number of hydrogen-bond acceptors (Lipinski definition) is 3. The van der Waals surface area contributed by atoms with E-state index in [0.29, 0.717) is 0 Å². The fourth-order valence-corrected chi connectivity index (χ4v) is 3.78.